The number of amides is 1. The summed E-state index contributed by atoms with van der Waals surface area (Å²) in [5, 5.41) is 15.6. The minimum atomic E-state index is -0.146. The van der Waals surface area contributed by atoms with E-state index in [-0.39, 0.29) is 30.1 Å². The minimum Gasteiger partial charge on any atom is -0.396 e. The van der Waals surface area contributed by atoms with E-state index in [1.165, 1.54) is 0 Å². The lowest BCUT2D eigenvalue weighted by Gasteiger charge is -2.27. The molecule has 2 rings (SSSR count). The molecule has 0 aromatic heterocycles. The molecule has 3 N–H and O–H groups in total. The van der Waals surface area contributed by atoms with Gasteiger partial charge in [0.05, 0.1) is 18.8 Å². The summed E-state index contributed by atoms with van der Waals surface area (Å²) >= 11 is 0. The zero-order valence-corrected chi connectivity index (χ0v) is 11.1. The molecular weight excluding hydrogens is 232 g/mol. The summed E-state index contributed by atoms with van der Waals surface area (Å²) in [5.74, 6) is 0.0364. The third kappa shape index (κ3) is 3.02. The lowest BCUT2D eigenvalue weighted by Crippen LogP contribution is -2.45. The molecule has 5 nitrogen and oxygen atoms in total. The van der Waals surface area contributed by atoms with Gasteiger partial charge >= 0.3 is 0 Å². The van der Waals surface area contributed by atoms with Crippen molar-refractivity contribution in [2.45, 2.75) is 44.2 Å². The number of hydrogen-bond acceptors (Lipinski definition) is 4. The maximum Gasteiger partial charge on any atom is 0.237 e. The molecule has 1 aliphatic carbocycles. The summed E-state index contributed by atoms with van der Waals surface area (Å²) in [7, 11) is 1.67. The predicted octanol–water partition coefficient (Wildman–Crippen LogP) is 0.0322. The van der Waals surface area contributed by atoms with Gasteiger partial charge in [0.15, 0.2) is 0 Å². The quantitative estimate of drug-likeness (QED) is 0.649. The lowest BCUT2D eigenvalue weighted by atomic mass is 9.87. The Morgan fingerprint density at radius 1 is 1.50 bits per heavy atom. The third-order valence-corrected chi connectivity index (χ3v) is 4.38. The van der Waals surface area contributed by atoms with Crippen molar-refractivity contribution in [3.05, 3.63) is 0 Å². The molecule has 0 bridgehead atoms. The van der Waals surface area contributed by atoms with E-state index in [1.807, 2.05) is 0 Å². The number of aliphatic hydroxyl groups excluding tert-OH is 1. The summed E-state index contributed by atoms with van der Waals surface area (Å²) in [6.07, 6.45) is 5.21. The fourth-order valence-corrected chi connectivity index (χ4v) is 3.00. The summed E-state index contributed by atoms with van der Waals surface area (Å²) in [6, 6.07) is -0.146. The highest BCUT2D eigenvalue weighted by molar-refractivity contribution is 5.82. The van der Waals surface area contributed by atoms with Gasteiger partial charge in [-0.05, 0) is 19.3 Å². The summed E-state index contributed by atoms with van der Waals surface area (Å²) in [6.45, 7) is 1.50. The van der Waals surface area contributed by atoms with Crippen LogP contribution < -0.4 is 10.6 Å². The van der Waals surface area contributed by atoms with E-state index in [2.05, 4.69) is 10.6 Å². The average molecular weight is 256 g/mol. The van der Waals surface area contributed by atoms with Crippen LogP contribution in [0.4, 0.5) is 0 Å². The Labute approximate surface area is 108 Å². The molecule has 0 aromatic rings. The first-order valence-corrected chi connectivity index (χ1v) is 6.84. The third-order valence-electron chi connectivity index (χ3n) is 4.38. The number of aliphatic hydroxyl groups is 1. The minimum absolute atomic E-state index is 0.0364. The van der Waals surface area contributed by atoms with Gasteiger partial charge < -0.3 is 20.5 Å². The van der Waals surface area contributed by atoms with Crippen LogP contribution in [-0.2, 0) is 9.53 Å². The Hall–Kier alpha value is -0.650. The topological polar surface area (TPSA) is 70.6 Å². The first kappa shape index (κ1) is 13.8. The van der Waals surface area contributed by atoms with Crippen LogP contribution in [0.15, 0.2) is 0 Å². The van der Waals surface area contributed by atoms with Crippen LogP contribution >= 0.6 is 0 Å². The van der Waals surface area contributed by atoms with Crippen molar-refractivity contribution in [3.63, 3.8) is 0 Å². The maximum absolute atomic E-state index is 12.0. The summed E-state index contributed by atoms with van der Waals surface area (Å²) in [4.78, 5) is 12.0. The van der Waals surface area contributed by atoms with Crippen molar-refractivity contribution in [2.75, 3.05) is 26.8 Å². The molecule has 2 aliphatic rings. The van der Waals surface area contributed by atoms with Crippen LogP contribution in [-0.4, -0.2) is 50.0 Å². The smallest absolute Gasteiger partial charge is 0.237 e. The van der Waals surface area contributed by atoms with Crippen LogP contribution in [0, 0.1) is 5.41 Å². The highest BCUT2D eigenvalue weighted by atomic mass is 16.5. The number of carbonyl (C=O) groups excluding carboxylic acids is 1. The molecule has 18 heavy (non-hydrogen) atoms. The fraction of sp³-hybridized carbons (Fsp3) is 0.923. The second kappa shape index (κ2) is 5.99. The van der Waals surface area contributed by atoms with Gasteiger partial charge in [0.25, 0.3) is 0 Å². The van der Waals surface area contributed by atoms with Crippen LogP contribution in [0.3, 0.4) is 0 Å². The molecule has 1 heterocycles. The molecule has 1 aliphatic heterocycles. The average Bonchev–Trinajstić information content (AvgIpc) is 3.05. The Morgan fingerprint density at radius 2 is 2.22 bits per heavy atom. The zero-order chi connectivity index (χ0) is 13.0. The van der Waals surface area contributed by atoms with Crippen molar-refractivity contribution in [1.29, 1.82) is 0 Å². The van der Waals surface area contributed by atoms with Gasteiger partial charge in [0, 0.05) is 25.6 Å². The Balaban J connectivity index is 1.78. The molecule has 0 spiro atoms. The second-order valence-electron chi connectivity index (χ2n) is 5.64. The predicted molar refractivity (Wildman–Crippen MR) is 68.2 cm³/mol. The number of hydrogen-bond donors (Lipinski definition) is 3. The van der Waals surface area contributed by atoms with Gasteiger partial charge in [0.1, 0.15) is 0 Å². The second-order valence-corrected chi connectivity index (χ2v) is 5.64. The monoisotopic (exact) mass is 256 g/mol. The largest absolute Gasteiger partial charge is 0.396 e. The van der Waals surface area contributed by atoms with Gasteiger partial charge in [-0.25, -0.2) is 0 Å². The van der Waals surface area contributed by atoms with Crippen LogP contribution in [0.1, 0.15) is 32.1 Å². The molecule has 2 unspecified atom stereocenters. The highest BCUT2D eigenvalue weighted by Gasteiger charge is 2.35. The van der Waals surface area contributed by atoms with Crippen LogP contribution in [0.5, 0.6) is 0 Å². The fourth-order valence-electron chi connectivity index (χ4n) is 3.00. The molecule has 104 valence electrons. The number of methoxy groups -OCH3 is 1. The molecule has 0 aromatic carbocycles. The Bertz CT molecular complexity index is 290. The van der Waals surface area contributed by atoms with Gasteiger partial charge in [-0.2, -0.15) is 0 Å². The Kier molecular flexibility index (Phi) is 4.59. The van der Waals surface area contributed by atoms with E-state index in [1.54, 1.807) is 7.11 Å². The normalized spacial score (nSPS) is 30.6. The van der Waals surface area contributed by atoms with E-state index in [0.717, 1.165) is 38.6 Å². The molecule has 0 radical (unpaired) electrons. The van der Waals surface area contributed by atoms with E-state index < -0.39 is 0 Å². The van der Waals surface area contributed by atoms with Gasteiger partial charge in [0.2, 0.25) is 5.91 Å². The molecule has 5 heteroatoms. The standard InChI is InChI=1S/C13H24N2O3/c1-18-10-6-11(14-7-10)12(17)15-8-13(9-16)4-2-3-5-13/h10-11,14,16H,2-9H2,1H3,(H,15,17). The highest BCUT2D eigenvalue weighted by Crippen LogP contribution is 2.36. The van der Waals surface area contributed by atoms with Crippen molar-refractivity contribution >= 4 is 5.91 Å². The number of carbonyl (C=O) groups is 1. The number of rotatable bonds is 5. The van der Waals surface area contributed by atoms with Gasteiger partial charge in [-0.1, -0.05) is 12.8 Å². The van der Waals surface area contributed by atoms with E-state index >= 15 is 0 Å². The van der Waals surface area contributed by atoms with Gasteiger partial charge in [-0.15, -0.1) is 0 Å². The molecular formula is C13H24N2O3. The molecule has 1 saturated carbocycles. The molecule has 2 atom stereocenters. The van der Waals surface area contributed by atoms with E-state index in [9.17, 15) is 9.90 Å². The molecule has 2 fully saturated rings. The number of ether oxygens (including phenoxy) is 1. The van der Waals surface area contributed by atoms with Crippen molar-refractivity contribution in [1.82, 2.24) is 10.6 Å². The summed E-state index contributed by atoms with van der Waals surface area (Å²) < 4.78 is 5.23. The lowest BCUT2D eigenvalue weighted by molar-refractivity contribution is -0.123. The first-order chi connectivity index (χ1) is 8.69. The van der Waals surface area contributed by atoms with Crippen molar-refractivity contribution in [3.8, 4) is 0 Å². The van der Waals surface area contributed by atoms with Crippen molar-refractivity contribution < 1.29 is 14.6 Å². The van der Waals surface area contributed by atoms with Crippen molar-refractivity contribution in [2.24, 2.45) is 5.41 Å². The first-order valence-electron chi connectivity index (χ1n) is 6.84. The SMILES string of the molecule is COC1CNC(C(=O)NCC2(CO)CCCC2)C1. The summed E-state index contributed by atoms with van der Waals surface area (Å²) in [5.41, 5.74) is -0.0745. The van der Waals surface area contributed by atoms with Crippen LogP contribution in [0.25, 0.3) is 0 Å². The number of nitrogens with one attached hydrogen (secondary N) is 2. The Morgan fingerprint density at radius 3 is 2.78 bits per heavy atom. The maximum atomic E-state index is 12.0. The van der Waals surface area contributed by atoms with Gasteiger partial charge in [-0.3, -0.25) is 4.79 Å². The zero-order valence-electron chi connectivity index (χ0n) is 11.1. The van der Waals surface area contributed by atoms with E-state index in [0.29, 0.717) is 6.54 Å². The van der Waals surface area contributed by atoms with E-state index in [4.69, 9.17) is 4.74 Å². The molecule has 1 saturated heterocycles. The molecule has 1 amide bonds. The van der Waals surface area contributed by atoms with Crippen LogP contribution in [0.2, 0.25) is 0 Å².